The molecule has 3 N–H and O–H groups in total. The zero-order valence-corrected chi connectivity index (χ0v) is 27.6. The molecule has 2 bridgehead atoms. The summed E-state index contributed by atoms with van der Waals surface area (Å²) in [5.74, 6) is 0.0383. The predicted octanol–water partition coefficient (Wildman–Crippen LogP) is 3.99. The first-order chi connectivity index (χ1) is 23.3. The summed E-state index contributed by atoms with van der Waals surface area (Å²) in [7, 11) is 0. The number of β-amino-alcohol motifs (C(OH)–C–C–N with tert-alkyl or cyclic N) is 1. The highest BCUT2D eigenvalue weighted by molar-refractivity contribution is 7.23. The van der Waals surface area contributed by atoms with Gasteiger partial charge in [0, 0.05) is 61.8 Å². The van der Waals surface area contributed by atoms with Gasteiger partial charge in [0.2, 0.25) is 5.95 Å². The molecule has 48 heavy (non-hydrogen) atoms. The summed E-state index contributed by atoms with van der Waals surface area (Å²) in [4.78, 5) is 24.0. The molecule has 14 heteroatoms. The molecule has 0 spiro atoms. The standard InChI is InChI=1S/C34H37F2N9O2S/c1-17(46)10-42-11-18-4-5-19(12-42)45(18)33-27-23-16-47-15-22(23)25(29-26-21(8-37)32(38)48-31(26)24(35)9-39-29)28(36)30(27)40-34(41-33)44-13-20(14-44)43-6-2-3-7-43/h9,17-20,46H,2-7,10-16,38H2,1H3. The van der Waals surface area contributed by atoms with E-state index < -0.39 is 17.7 Å². The highest BCUT2D eigenvalue weighted by Gasteiger charge is 2.44. The molecule has 0 radical (unpaired) electrons. The quantitative estimate of drug-likeness (QED) is 0.308. The summed E-state index contributed by atoms with van der Waals surface area (Å²) in [6.45, 7) is 8.15. The van der Waals surface area contributed by atoms with Crippen LogP contribution in [0.4, 0.5) is 25.5 Å². The first-order valence-electron chi connectivity index (χ1n) is 16.9. The largest absolute Gasteiger partial charge is 0.392 e. The third kappa shape index (κ3) is 4.59. The molecule has 5 aliphatic rings. The number of benzene rings is 1. The Morgan fingerprint density at radius 2 is 1.79 bits per heavy atom. The number of aromatic nitrogens is 3. The highest BCUT2D eigenvalue weighted by Crippen LogP contribution is 2.48. The van der Waals surface area contributed by atoms with Crippen LogP contribution in [0.1, 0.15) is 49.3 Å². The third-order valence-corrected chi connectivity index (χ3v) is 12.0. The average molecular weight is 674 g/mol. The predicted molar refractivity (Wildman–Crippen MR) is 180 cm³/mol. The van der Waals surface area contributed by atoms with Crippen LogP contribution in [0, 0.1) is 23.0 Å². The number of nitriles is 1. The van der Waals surface area contributed by atoms with Crippen molar-refractivity contribution in [1.82, 2.24) is 24.8 Å². The number of likely N-dealkylation sites (tertiary alicyclic amines) is 2. The first kappa shape index (κ1) is 30.3. The molecule has 3 atom stereocenters. The molecule has 8 heterocycles. The fourth-order valence-electron chi connectivity index (χ4n) is 8.78. The van der Waals surface area contributed by atoms with Gasteiger partial charge >= 0.3 is 0 Å². The molecule has 5 aliphatic heterocycles. The van der Waals surface area contributed by atoms with E-state index in [9.17, 15) is 10.4 Å². The Morgan fingerprint density at radius 1 is 1.06 bits per heavy atom. The maximum absolute atomic E-state index is 17.5. The highest BCUT2D eigenvalue weighted by atomic mass is 32.1. The fraction of sp³-hybridized carbons (Fsp3) is 0.529. The summed E-state index contributed by atoms with van der Waals surface area (Å²) >= 11 is 0.965. The zero-order valence-electron chi connectivity index (χ0n) is 26.8. The van der Waals surface area contributed by atoms with Crippen LogP contribution in [0.15, 0.2) is 6.20 Å². The summed E-state index contributed by atoms with van der Waals surface area (Å²) in [6.07, 6.45) is 5.04. The minimum Gasteiger partial charge on any atom is -0.392 e. The molecule has 3 aromatic heterocycles. The van der Waals surface area contributed by atoms with E-state index in [1.54, 1.807) is 0 Å². The maximum atomic E-state index is 17.5. The van der Waals surface area contributed by atoms with Gasteiger partial charge in [-0.1, -0.05) is 0 Å². The van der Waals surface area contributed by atoms with Crippen molar-refractivity contribution < 1.29 is 18.6 Å². The zero-order chi connectivity index (χ0) is 32.8. The van der Waals surface area contributed by atoms with Crippen molar-refractivity contribution in [2.45, 2.75) is 70.1 Å². The van der Waals surface area contributed by atoms with Gasteiger partial charge in [-0.05, 0) is 56.8 Å². The SMILES string of the molecule is CC(O)CN1CC2CCC(C1)N2c1nc(N2CC(N3CCCC3)C2)nc2c(F)c(-c3ncc(F)c4sc(N)c(C#N)c34)c3c(c12)COC3. The summed E-state index contributed by atoms with van der Waals surface area (Å²) in [5.41, 5.74) is 8.19. The lowest BCUT2D eigenvalue weighted by Crippen LogP contribution is -2.59. The van der Waals surface area contributed by atoms with Gasteiger partial charge in [-0.3, -0.25) is 14.8 Å². The number of aliphatic hydroxyl groups excluding tert-OH is 1. The summed E-state index contributed by atoms with van der Waals surface area (Å²) in [5, 5.41) is 21.2. The fourth-order valence-corrected chi connectivity index (χ4v) is 9.70. The van der Waals surface area contributed by atoms with E-state index in [-0.39, 0.29) is 62.7 Å². The molecule has 4 saturated heterocycles. The third-order valence-electron chi connectivity index (χ3n) is 10.9. The number of nitrogen functional groups attached to an aromatic ring is 1. The van der Waals surface area contributed by atoms with Gasteiger partial charge in [-0.2, -0.15) is 10.2 Å². The van der Waals surface area contributed by atoms with Crippen LogP contribution < -0.4 is 15.5 Å². The van der Waals surface area contributed by atoms with Gasteiger partial charge in [0.05, 0.1) is 46.9 Å². The molecule has 4 aromatic rings. The van der Waals surface area contributed by atoms with E-state index in [0.29, 0.717) is 29.5 Å². The number of anilines is 3. The van der Waals surface area contributed by atoms with Crippen molar-refractivity contribution in [1.29, 1.82) is 5.26 Å². The topological polar surface area (TPSA) is 131 Å². The molecule has 3 unspecified atom stereocenters. The minimum atomic E-state index is -0.608. The first-order valence-corrected chi connectivity index (χ1v) is 17.7. The Morgan fingerprint density at radius 3 is 2.50 bits per heavy atom. The van der Waals surface area contributed by atoms with Gasteiger partial charge in [0.15, 0.2) is 11.6 Å². The smallest absolute Gasteiger partial charge is 0.228 e. The number of halogens is 2. The van der Waals surface area contributed by atoms with Gasteiger partial charge in [0.1, 0.15) is 22.4 Å². The summed E-state index contributed by atoms with van der Waals surface area (Å²) in [6, 6.07) is 2.84. The Hall–Kier alpha value is -3.74. The number of pyridine rings is 1. The van der Waals surface area contributed by atoms with E-state index in [2.05, 4.69) is 30.7 Å². The second-order valence-corrected chi connectivity index (χ2v) is 15.0. The molecule has 4 fully saturated rings. The molecule has 0 aliphatic carbocycles. The van der Waals surface area contributed by atoms with Crippen molar-refractivity contribution >= 4 is 49.1 Å². The lowest BCUT2D eigenvalue weighted by atomic mass is 9.93. The van der Waals surface area contributed by atoms with Crippen molar-refractivity contribution in [2.24, 2.45) is 0 Å². The Labute approximate surface area is 280 Å². The molecule has 1 aromatic carbocycles. The number of thiophene rings is 1. The van der Waals surface area contributed by atoms with Crippen LogP contribution in [-0.2, 0) is 18.0 Å². The minimum absolute atomic E-state index is 0.0911. The van der Waals surface area contributed by atoms with Crippen LogP contribution in [0.25, 0.3) is 32.2 Å². The molecule has 11 nitrogen and oxygen atoms in total. The number of hydrogen-bond donors (Lipinski definition) is 2. The van der Waals surface area contributed by atoms with Crippen LogP contribution in [-0.4, -0.2) is 99.9 Å². The van der Waals surface area contributed by atoms with Gasteiger partial charge in [-0.25, -0.2) is 13.8 Å². The Balaban J connectivity index is 1.24. The lowest BCUT2D eigenvalue weighted by molar-refractivity contribution is 0.111. The second kappa shape index (κ2) is 11.4. The Kier molecular flexibility index (Phi) is 7.21. The van der Waals surface area contributed by atoms with E-state index in [4.69, 9.17) is 20.4 Å². The number of nitrogens with zero attached hydrogens (tertiary/aromatic N) is 8. The number of piperazine rings is 1. The number of aliphatic hydroxyl groups is 1. The summed E-state index contributed by atoms with van der Waals surface area (Å²) < 4.78 is 38.7. The van der Waals surface area contributed by atoms with Gasteiger partial charge in [-0.15, -0.1) is 11.3 Å². The maximum Gasteiger partial charge on any atom is 0.228 e. The molecule has 250 valence electrons. The van der Waals surface area contributed by atoms with E-state index in [1.807, 2.05) is 6.92 Å². The van der Waals surface area contributed by atoms with Crippen LogP contribution in [0.5, 0.6) is 0 Å². The monoisotopic (exact) mass is 673 g/mol. The van der Waals surface area contributed by atoms with Crippen molar-refractivity contribution in [2.75, 3.05) is 61.3 Å². The number of fused-ring (bicyclic) bond motifs is 6. The van der Waals surface area contributed by atoms with Crippen molar-refractivity contribution in [3.05, 3.63) is 34.5 Å². The van der Waals surface area contributed by atoms with E-state index in [0.717, 1.165) is 81.0 Å². The number of nitrogens with two attached hydrogens (primary N) is 1. The number of hydrogen-bond acceptors (Lipinski definition) is 12. The van der Waals surface area contributed by atoms with E-state index >= 15 is 8.78 Å². The van der Waals surface area contributed by atoms with Crippen molar-refractivity contribution in [3.8, 4) is 17.3 Å². The second-order valence-electron chi connectivity index (χ2n) is 14.0. The molecule has 0 amide bonds. The van der Waals surface area contributed by atoms with Crippen LogP contribution in [0.3, 0.4) is 0 Å². The number of rotatable bonds is 6. The Bertz CT molecular complexity index is 1990. The van der Waals surface area contributed by atoms with Crippen molar-refractivity contribution in [3.63, 3.8) is 0 Å². The average Bonchev–Trinajstić information content (AvgIpc) is 3.84. The van der Waals surface area contributed by atoms with E-state index in [1.165, 1.54) is 12.8 Å². The molecular formula is C34H37F2N9O2S. The molecular weight excluding hydrogens is 636 g/mol. The van der Waals surface area contributed by atoms with Gasteiger partial charge < -0.3 is 25.4 Å². The molecule has 9 rings (SSSR count). The van der Waals surface area contributed by atoms with Crippen LogP contribution >= 0.6 is 11.3 Å². The number of ether oxygens (including phenoxy) is 1. The van der Waals surface area contributed by atoms with Crippen LogP contribution in [0.2, 0.25) is 0 Å². The van der Waals surface area contributed by atoms with Gasteiger partial charge in [0.25, 0.3) is 0 Å². The normalized spacial score (nSPS) is 23.7. The molecule has 0 saturated carbocycles. The lowest BCUT2D eigenvalue weighted by Gasteiger charge is -2.45.